The van der Waals surface area contributed by atoms with Crippen molar-refractivity contribution in [1.82, 2.24) is 4.31 Å². The molecule has 8 heteroatoms. The quantitative estimate of drug-likeness (QED) is 0.876. The Morgan fingerprint density at radius 2 is 2.17 bits per heavy atom. The standard InChI is InChI=1S/C16H18FNO4S2/c1-22-16-3-2-13(6-15(16)17)24(20,21)18-7-12(9-19)14(8-18)11-4-5-23-10-11/h2-6,10,12,14,19H,7-9H2,1H3/t12-,14-/m0/s1. The highest BCUT2D eigenvalue weighted by Crippen LogP contribution is 2.36. The SMILES string of the molecule is COc1ccc(S(=O)(=O)N2C[C@@H](CO)[C@H](c3ccsc3)C2)cc1F. The van der Waals surface area contributed by atoms with Crippen molar-refractivity contribution in [1.29, 1.82) is 0 Å². The fraction of sp³-hybridized carbons (Fsp3) is 0.375. The van der Waals surface area contributed by atoms with Gasteiger partial charge in [-0.15, -0.1) is 0 Å². The third-order valence-electron chi connectivity index (χ3n) is 4.37. The molecule has 3 rings (SSSR count). The minimum Gasteiger partial charge on any atom is -0.494 e. The van der Waals surface area contributed by atoms with Gasteiger partial charge in [0.15, 0.2) is 11.6 Å². The summed E-state index contributed by atoms with van der Waals surface area (Å²) in [6, 6.07) is 5.56. The molecule has 1 aliphatic rings. The van der Waals surface area contributed by atoms with Gasteiger partial charge in [0.1, 0.15) is 0 Å². The van der Waals surface area contributed by atoms with E-state index in [1.54, 1.807) is 0 Å². The number of nitrogens with zero attached hydrogens (tertiary/aromatic N) is 1. The summed E-state index contributed by atoms with van der Waals surface area (Å²) in [6.07, 6.45) is 0. The Labute approximate surface area is 144 Å². The van der Waals surface area contributed by atoms with Crippen molar-refractivity contribution in [3.8, 4) is 5.75 Å². The lowest BCUT2D eigenvalue weighted by Crippen LogP contribution is -2.29. The first-order chi connectivity index (χ1) is 11.5. The van der Waals surface area contributed by atoms with E-state index >= 15 is 0 Å². The van der Waals surface area contributed by atoms with Crippen molar-refractivity contribution in [2.75, 3.05) is 26.8 Å². The number of benzene rings is 1. The molecule has 2 atom stereocenters. The minimum atomic E-state index is -3.82. The molecule has 0 aliphatic carbocycles. The molecule has 2 aromatic rings. The average molecular weight is 371 g/mol. The van der Waals surface area contributed by atoms with E-state index in [0.29, 0.717) is 0 Å². The fourth-order valence-corrected chi connectivity index (χ4v) is 5.29. The van der Waals surface area contributed by atoms with Crippen molar-refractivity contribution in [2.24, 2.45) is 5.92 Å². The van der Waals surface area contributed by atoms with Crippen LogP contribution in [0.1, 0.15) is 11.5 Å². The molecular formula is C16H18FNO4S2. The lowest BCUT2D eigenvalue weighted by atomic mass is 9.92. The summed E-state index contributed by atoms with van der Waals surface area (Å²) < 4.78 is 45.6. The van der Waals surface area contributed by atoms with E-state index < -0.39 is 15.8 Å². The van der Waals surface area contributed by atoms with E-state index in [4.69, 9.17) is 4.74 Å². The van der Waals surface area contributed by atoms with E-state index in [0.717, 1.165) is 11.6 Å². The van der Waals surface area contributed by atoms with Crippen LogP contribution in [0.15, 0.2) is 39.9 Å². The van der Waals surface area contributed by atoms with Crippen molar-refractivity contribution in [2.45, 2.75) is 10.8 Å². The molecule has 0 saturated carbocycles. The van der Waals surface area contributed by atoms with Crippen LogP contribution >= 0.6 is 11.3 Å². The number of hydrogen-bond donors (Lipinski definition) is 1. The molecule has 0 spiro atoms. The molecular weight excluding hydrogens is 353 g/mol. The Morgan fingerprint density at radius 3 is 2.75 bits per heavy atom. The van der Waals surface area contributed by atoms with Crippen LogP contribution in [0.2, 0.25) is 0 Å². The zero-order chi connectivity index (χ0) is 17.3. The van der Waals surface area contributed by atoms with E-state index in [1.807, 2.05) is 16.8 Å². The monoisotopic (exact) mass is 371 g/mol. The summed E-state index contributed by atoms with van der Waals surface area (Å²) in [4.78, 5) is -0.108. The van der Waals surface area contributed by atoms with Gasteiger partial charge in [0.05, 0.1) is 12.0 Å². The van der Waals surface area contributed by atoms with Gasteiger partial charge < -0.3 is 9.84 Å². The molecule has 1 N–H and O–H groups in total. The normalized spacial score (nSPS) is 22.0. The molecule has 1 aromatic heterocycles. The number of aliphatic hydroxyl groups is 1. The highest BCUT2D eigenvalue weighted by Gasteiger charge is 2.40. The first-order valence-electron chi connectivity index (χ1n) is 7.44. The predicted molar refractivity (Wildman–Crippen MR) is 89.3 cm³/mol. The number of aliphatic hydroxyl groups excluding tert-OH is 1. The zero-order valence-electron chi connectivity index (χ0n) is 13.1. The van der Waals surface area contributed by atoms with Crippen LogP contribution in [-0.4, -0.2) is 44.6 Å². The number of ether oxygens (including phenoxy) is 1. The number of rotatable bonds is 5. The molecule has 24 heavy (non-hydrogen) atoms. The Balaban J connectivity index is 1.89. The Kier molecular flexibility index (Phi) is 4.91. The third kappa shape index (κ3) is 3.06. The largest absolute Gasteiger partial charge is 0.494 e. The van der Waals surface area contributed by atoms with E-state index in [1.165, 1.54) is 34.9 Å². The second kappa shape index (κ2) is 6.79. The second-order valence-corrected chi connectivity index (χ2v) is 8.44. The lowest BCUT2D eigenvalue weighted by Gasteiger charge is -2.17. The number of halogens is 1. The van der Waals surface area contributed by atoms with Crippen molar-refractivity contribution >= 4 is 21.4 Å². The highest BCUT2D eigenvalue weighted by molar-refractivity contribution is 7.89. The molecule has 0 radical (unpaired) electrons. The molecule has 130 valence electrons. The molecule has 1 aromatic carbocycles. The minimum absolute atomic E-state index is 0.000226. The van der Waals surface area contributed by atoms with Crippen LogP contribution in [-0.2, 0) is 10.0 Å². The molecule has 1 fully saturated rings. The zero-order valence-corrected chi connectivity index (χ0v) is 14.7. The summed E-state index contributed by atoms with van der Waals surface area (Å²) in [6.45, 7) is 0.397. The van der Waals surface area contributed by atoms with Crippen molar-refractivity contribution in [3.05, 3.63) is 46.4 Å². The highest BCUT2D eigenvalue weighted by atomic mass is 32.2. The van der Waals surface area contributed by atoms with Crippen molar-refractivity contribution in [3.63, 3.8) is 0 Å². The number of methoxy groups -OCH3 is 1. The van der Waals surface area contributed by atoms with E-state index in [2.05, 4.69) is 0 Å². The molecule has 2 heterocycles. The first kappa shape index (κ1) is 17.3. The summed E-state index contributed by atoms with van der Waals surface area (Å²) in [7, 11) is -2.50. The molecule has 0 unspecified atom stereocenters. The fourth-order valence-electron chi connectivity index (χ4n) is 3.03. The maximum Gasteiger partial charge on any atom is 0.243 e. The van der Waals surface area contributed by atoms with E-state index in [-0.39, 0.29) is 42.2 Å². The summed E-state index contributed by atoms with van der Waals surface area (Å²) >= 11 is 1.54. The summed E-state index contributed by atoms with van der Waals surface area (Å²) in [5.41, 5.74) is 1.03. The van der Waals surface area contributed by atoms with Crippen molar-refractivity contribution < 1.29 is 22.7 Å². The van der Waals surface area contributed by atoms with Gasteiger partial charge >= 0.3 is 0 Å². The molecule has 1 aliphatic heterocycles. The maximum atomic E-state index is 13.9. The van der Waals surface area contributed by atoms with Crippen LogP contribution in [0.3, 0.4) is 0 Å². The van der Waals surface area contributed by atoms with Gasteiger partial charge in [0.2, 0.25) is 10.0 Å². The summed E-state index contributed by atoms with van der Waals surface area (Å²) in [5, 5.41) is 13.5. The predicted octanol–water partition coefficient (Wildman–Crippen LogP) is 2.29. The molecule has 5 nitrogen and oxygen atoms in total. The third-order valence-corrected chi connectivity index (χ3v) is 6.90. The van der Waals surface area contributed by atoms with Gasteiger partial charge in [-0.05, 0) is 40.6 Å². The van der Waals surface area contributed by atoms with Gasteiger partial charge in [-0.3, -0.25) is 0 Å². The average Bonchev–Trinajstić information content (AvgIpc) is 3.23. The van der Waals surface area contributed by atoms with Crippen LogP contribution in [0.5, 0.6) is 5.75 Å². The van der Waals surface area contributed by atoms with Gasteiger partial charge in [-0.1, -0.05) is 0 Å². The maximum absolute atomic E-state index is 13.9. The van der Waals surface area contributed by atoms with Crippen LogP contribution in [0.4, 0.5) is 4.39 Å². The molecule has 0 bridgehead atoms. The van der Waals surface area contributed by atoms with Crippen LogP contribution in [0.25, 0.3) is 0 Å². The first-order valence-corrected chi connectivity index (χ1v) is 9.82. The number of thiophene rings is 1. The molecule has 0 amide bonds. The van der Waals surface area contributed by atoms with Gasteiger partial charge in [-0.25, -0.2) is 12.8 Å². The Hall–Kier alpha value is -1.48. The Bertz CT molecular complexity index is 807. The second-order valence-electron chi connectivity index (χ2n) is 5.72. The lowest BCUT2D eigenvalue weighted by molar-refractivity contribution is 0.223. The van der Waals surface area contributed by atoms with E-state index in [9.17, 15) is 17.9 Å². The molecule has 1 saturated heterocycles. The van der Waals surface area contributed by atoms with Crippen LogP contribution in [0, 0.1) is 11.7 Å². The van der Waals surface area contributed by atoms with Crippen LogP contribution < -0.4 is 4.74 Å². The smallest absolute Gasteiger partial charge is 0.243 e. The van der Waals surface area contributed by atoms with Gasteiger partial charge in [0.25, 0.3) is 0 Å². The summed E-state index contributed by atoms with van der Waals surface area (Å²) in [5.74, 6) is -0.942. The number of sulfonamides is 1. The Morgan fingerprint density at radius 1 is 1.38 bits per heavy atom. The topological polar surface area (TPSA) is 66.8 Å². The van der Waals surface area contributed by atoms with Gasteiger partial charge in [0, 0.05) is 31.5 Å². The van der Waals surface area contributed by atoms with Gasteiger partial charge in [-0.2, -0.15) is 15.6 Å². The number of hydrogen-bond acceptors (Lipinski definition) is 5.